The predicted molar refractivity (Wildman–Crippen MR) is 340 cm³/mol. The fraction of sp³-hybridized carbons (Fsp3) is 0.855. The molecule has 0 amide bonds. The van der Waals surface area contributed by atoms with Gasteiger partial charge in [-0.1, -0.05) is 206 Å². The summed E-state index contributed by atoms with van der Waals surface area (Å²) in [5.41, 5.74) is 16.6. The summed E-state index contributed by atoms with van der Waals surface area (Å²) in [6.07, 6.45) is 27.8. The van der Waals surface area contributed by atoms with Gasteiger partial charge in [0.05, 0.1) is 11.4 Å². The number of rotatable bonds is 0. The average Bonchev–Trinajstić information content (AvgIpc) is 4.31. The van der Waals surface area contributed by atoms with Gasteiger partial charge < -0.3 is 40.9 Å². The molecule has 2 aromatic rings. The van der Waals surface area contributed by atoms with Crippen molar-refractivity contribution in [3.05, 3.63) is 44.7 Å². The Morgan fingerprint density at radius 2 is 0.573 bits per heavy atom. The fourth-order valence-corrected chi connectivity index (χ4v) is 2.48. The third-order valence-corrected chi connectivity index (χ3v) is 6.13. The fourth-order valence-electron chi connectivity index (χ4n) is 2.48. The monoisotopic (exact) mass is 1100 g/mol. The molecule has 0 bridgehead atoms. The summed E-state index contributed by atoms with van der Waals surface area (Å²) in [7, 11) is 14.5. The Balaban J connectivity index is -0.0000000199. The standard InChI is InChI=1S/2C5H10.2C4H7N3.2C4H8.2C3H4.3C2H6.2CH3N3.8CH4O.7CH4/c2*1-5-3-2-4-5;2*1-4-3-7(2)6-5-4;2*1-4-2-3-4;2*1-3-2;3*1-2;2*1-3-4-2;8*1-2;;;;;;;/h2*5H,2-4H2,1H3;2*3H,1-2H3;2*4H,2-3H2,1H3;2*1H,2H3;3*1-2H3;2*1H3;8*2H,1H3;7*1H4. The van der Waals surface area contributed by atoms with Crippen molar-refractivity contribution < 1.29 is 40.9 Å². The number of aliphatic hydroxyl groups excluding tert-OH is 8. The number of hydrogen-bond acceptors (Lipinski definition) is 14. The van der Waals surface area contributed by atoms with E-state index in [1.165, 1.54) is 78.3 Å². The number of aromatic nitrogens is 6. The van der Waals surface area contributed by atoms with Gasteiger partial charge in [-0.05, 0) is 62.4 Å². The number of aryl methyl sites for hydroxylation is 4. The van der Waals surface area contributed by atoms with Crippen molar-refractivity contribution in [2.45, 2.75) is 213 Å². The Kier molecular flexibility index (Phi) is 365. The zero-order chi connectivity index (χ0) is 58.2. The molecule has 470 valence electrons. The summed E-state index contributed by atoms with van der Waals surface area (Å²) in [6.45, 7) is 28.3. The zero-order valence-corrected chi connectivity index (χ0v) is 48.6. The molecule has 0 aromatic carbocycles. The molecule has 20 heteroatoms. The van der Waals surface area contributed by atoms with Crippen LogP contribution in [0.15, 0.2) is 22.6 Å². The summed E-state index contributed by atoms with van der Waals surface area (Å²) in [5.74, 6) is 8.80. The quantitative estimate of drug-likeness (QED) is 0.0528. The van der Waals surface area contributed by atoms with Crippen LogP contribution in [0.25, 0.3) is 20.9 Å². The smallest absolute Gasteiger partial charge is 0.0796 e. The Bertz CT molecular complexity index is 1020. The Morgan fingerprint density at radius 1 is 0.453 bits per heavy atom. The lowest BCUT2D eigenvalue weighted by Crippen LogP contribution is -2.04. The van der Waals surface area contributed by atoms with Crippen molar-refractivity contribution >= 4 is 0 Å². The summed E-state index contributed by atoms with van der Waals surface area (Å²) in [5, 5.41) is 76.7. The van der Waals surface area contributed by atoms with E-state index in [-0.39, 0.29) is 52.0 Å². The molecule has 8 N–H and O–H groups in total. The van der Waals surface area contributed by atoms with Crippen molar-refractivity contribution in [1.82, 2.24) is 30.0 Å². The maximum Gasteiger partial charge on any atom is 0.0796 e. The first-order valence-electron chi connectivity index (χ1n) is 22.7. The van der Waals surface area contributed by atoms with E-state index in [4.69, 9.17) is 51.9 Å². The van der Waals surface area contributed by atoms with Crippen LogP contribution >= 0.6 is 0 Å². The predicted octanol–water partition coefficient (Wildman–Crippen LogP) is 14.2. The van der Waals surface area contributed by atoms with E-state index >= 15 is 0 Å². The van der Waals surface area contributed by atoms with Gasteiger partial charge in [-0.2, -0.15) is 0 Å². The third kappa shape index (κ3) is 281. The summed E-state index contributed by atoms with van der Waals surface area (Å²) < 4.78 is 3.35. The highest BCUT2D eigenvalue weighted by molar-refractivity contribution is 4.85. The Morgan fingerprint density at radius 3 is 0.587 bits per heavy atom. The minimum atomic E-state index is 0. The molecular formula is C55H142N12O8. The van der Waals surface area contributed by atoms with Gasteiger partial charge in [-0.15, -0.1) is 34.9 Å². The van der Waals surface area contributed by atoms with Crippen molar-refractivity contribution in [2.75, 3.05) is 71.0 Å². The molecule has 0 aliphatic heterocycles. The van der Waals surface area contributed by atoms with Crippen LogP contribution in [0, 0.1) is 62.2 Å². The lowest BCUT2D eigenvalue weighted by Gasteiger charge is -2.18. The lowest BCUT2D eigenvalue weighted by atomic mass is 9.88. The summed E-state index contributed by atoms with van der Waals surface area (Å²) in [4.78, 5) is 4.72. The molecule has 0 spiro atoms. The van der Waals surface area contributed by atoms with Crippen LogP contribution in [0.2, 0.25) is 0 Å². The number of azide groups is 2. The Hall–Kier alpha value is -4.30. The molecule has 20 nitrogen and oxygen atoms in total. The van der Waals surface area contributed by atoms with E-state index in [2.05, 4.69) is 93.1 Å². The number of hydrogen-bond donors (Lipinski definition) is 8. The van der Waals surface area contributed by atoms with E-state index in [1.807, 2.05) is 81.9 Å². The van der Waals surface area contributed by atoms with Crippen LogP contribution in [0.1, 0.15) is 211 Å². The van der Waals surface area contributed by atoms with Crippen LogP contribution in [0.5, 0.6) is 0 Å². The molecule has 0 saturated heterocycles. The minimum Gasteiger partial charge on any atom is -0.400 e. The third-order valence-electron chi connectivity index (χ3n) is 6.13. The molecule has 4 aliphatic carbocycles. The molecule has 2 aromatic heterocycles. The molecule has 2 heterocycles. The summed E-state index contributed by atoms with van der Waals surface area (Å²) >= 11 is 0. The number of terminal acetylenes is 2. The lowest BCUT2D eigenvalue weighted by molar-refractivity contribution is 0.346. The van der Waals surface area contributed by atoms with E-state index < -0.39 is 0 Å². The van der Waals surface area contributed by atoms with E-state index in [0.29, 0.717) is 0 Å². The normalized spacial score (nSPS) is 9.55. The van der Waals surface area contributed by atoms with Crippen molar-refractivity contribution in [2.24, 2.45) is 48.0 Å². The number of nitrogens with zero attached hydrogens (tertiary/aromatic N) is 12. The second-order valence-electron chi connectivity index (χ2n) is 11.7. The molecule has 0 atom stereocenters. The number of aliphatic hydroxyl groups is 8. The van der Waals surface area contributed by atoms with Crippen LogP contribution in [-0.2, 0) is 14.1 Å². The Labute approximate surface area is 470 Å². The van der Waals surface area contributed by atoms with E-state index in [1.54, 1.807) is 23.2 Å². The molecule has 75 heavy (non-hydrogen) atoms. The molecule has 4 saturated carbocycles. The van der Waals surface area contributed by atoms with Gasteiger partial charge in [0.15, 0.2) is 0 Å². The molecule has 4 fully saturated rings. The van der Waals surface area contributed by atoms with Gasteiger partial charge in [-0.25, -0.2) is 0 Å². The molecule has 6 rings (SSSR count). The highest BCUT2D eigenvalue weighted by Crippen LogP contribution is 2.27. The van der Waals surface area contributed by atoms with Gasteiger partial charge in [0.1, 0.15) is 0 Å². The van der Waals surface area contributed by atoms with Crippen molar-refractivity contribution in [3.63, 3.8) is 0 Å². The van der Waals surface area contributed by atoms with Crippen LogP contribution in [-0.4, -0.2) is 142 Å². The van der Waals surface area contributed by atoms with Crippen LogP contribution < -0.4 is 0 Å². The topological polar surface area (TPSA) is 321 Å². The average molecular weight is 1100 g/mol. The van der Waals surface area contributed by atoms with Crippen LogP contribution in [0.4, 0.5) is 0 Å². The van der Waals surface area contributed by atoms with Gasteiger partial charge in [0.25, 0.3) is 0 Å². The van der Waals surface area contributed by atoms with Gasteiger partial charge in [0.2, 0.25) is 0 Å². The first-order valence-corrected chi connectivity index (χ1v) is 22.7. The molecule has 4 aliphatic rings. The SMILES string of the molecule is C.C.C.C.C.C.C.C#CC.C#CC.CC.CC.CC.CC1CC1.CC1CC1.CC1CCC1.CC1CCC1.CN=[N+]=[N-].CN=[N+]=[N-].CO.CO.CO.CO.CO.CO.CO.CO.Cc1cn(C)nn1.Cc1cn(C)nn1. The zero-order valence-electron chi connectivity index (χ0n) is 48.6. The second kappa shape index (κ2) is 189. The van der Waals surface area contributed by atoms with Crippen molar-refractivity contribution in [1.29, 1.82) is 0 Å². The van der Waals surface area contributed by atoms with Gasteiger partial charge in [-0.3, -0.25) is 9.36 Å². The molecular weight excluding hydrogens is 957 g/mol. The molecule has 0 radical (unpaired) electrons. The maximum atomic E-state index is 7.33. The van der Waals surface area contributed by atoms with Crippen LogP contribution in [0.3, 0.4) is 0 Å². The molecule has 0 unspecified atom stereocenters. The minimum absolute atomic E-state index is 0. The summed E-state index contributed by atoms with van der Waals surface area (Å²) in [6, 6.07) is 0. The van der Waals surface area contributed by atoms with Crippen molar-refractivity contribution in [3.8, 4) is 24.7 Å². The first kappa shape index (κ1) is 145. The second-order valence-corrected chi connectivity index (χ2v) is 11.7. The van der Waals surface area contributed by atoms with E-state index in [9.17, 15) is 0 Å². The maximum absolute atomic E-state index is 7.33. The first-order chi connectivity index (χ1) is 32.8. The highest BCUT2D eigenvalue weighted by Gasteiger charge is 2.13. The highest BCUT2D eigenvalue weighted by atomic mass is 16.2. The van der Waals surface area contributed by atoms with Gasteiger partial charge in [0, 0.05) is 107 Å². The van der Waals surface area contributed by atoms with Gasteiger partial charge >= 0.3 is 0 Å². The van der Waals surface area contributed by atoms with E-state index in [0.717, 1.165) is 91.9 Å². The largest absolute Gasteiger partial charge is 0.400 e.